The lowest BCUT2D eigenvalue weighted by Crippen LogP contribution is -2.48. The van der Waals surface area contributed by atoms with Gasteiger partial charge >= 0.3 is 0 Å². The molecule has 158 valence electrons. The summed E-state index contributed by atoms with van der Waals surface area (Å²) in [4.78, 5) is 8.25. The van der Waals surface area contributed by atoms with Crippen LogP contribution in [0.4, 0.5) is 5.82 Å². The highest BCUT2D eigenvalue weighted by molar-refractivity contribution is 6.42. The second-order valence-corrected chi connectivity index (χ2v) is 8.72. The molecule has 2 aromatic heterocycles. The number of nitrogen functional groups attached to an aromatic ring is 1. The number of epoxide rings is 1. The molecule has 0 radical (unpaired) electrons. The predicted molar refractivity (Wildman–Crippen MR) is 111 cm³/mol. The van der Waals surface area contributed by atoms with Crippen LogP contribution in [0, 0.1) is 0 Å². The number of aliphatic hydroxyl groups excluding tert-OH is 1. The molecular weight excluding hydrogens is 431 g/mol. The maximum Gasteiger partial charge on any atom is 0.164 e. The Hall–Kier alpha value is -1.94. The van der Waals surface area contributed by atoms with Crippen LogP contribution in [0.25, 0.3) is 11.0 Å². The van der Waals surface area contributed by atoms with Crippen LogP contribution in [0.15, 0.2) is 36.8 Å². The van der Waals surface area contributed by atoms with Gasteiger partial charge in [0.15, 0.2) is 6.23 Å². The van der Waals surface area contributed by atoms with Crippen molar-refractivity contribution in [1.82, 2.24) is 14.5 Å². The smallest absolute Gasteiger partial charge is 0.164 e. The van der Waals surface area contributed by atoms with Gasteiger partial charge in [0, 0.05) is 12.1 Å². The zero-order valence-electron chi connectivity index (χ0n) is 15.9. The number of rotatable bonds is 4. The number of ether oxygens (including phenoxy) is 2. The van der Waals surface area contributed by atoms with Crippen molar-refractivity contribution in [1.29, 1.82) is 0 Å². The number of hydrogen-bond donors (Lipinski definition) is 3. The van der Waals surface area contributed by atoms with Gasteiger partial charge in [-0.2, -0.15) is 0 Å². The van der Waals surface area contributed by atoms with Gasteiger partial charge in [-0.15, -0.1) is 0 Å². The average molecular weight is 451 g/mol. The van der Waals surface area contributed by atoms with Crippen LogP contribution < -0.4 is 5.73 Å². The Bertz CT molecular complexity index is 1120. The van der Waals surface area contributed by atoms with E-state index in [2.05, 4.69) is 9.97 Å². The first-order chi connectivity index (χ1) is 14.3. The summed E-state index contributed by atoms with van der Waals surface area (Å²) < 4.78 is 13.5. The van der Waals surface area contributed by atoms with Crippen LogP contribution in [0.1, 0.15) is 24.6 Å². The third kappa shape index (κ3) is 3.07. The second kappa shape index (κ2) is 7.05. The topological polar surface area (TPSA) is 119 Å². The minimum Gasteiger partial charge on any atom is -0.385 e. The summed E-state index contributed by atoms with van der Waals surface area (Å²) in [5, 5.41) is 23.8. The fraction of sp³-hybridized carbons (Fsp3) is 0.400. The molecular formula is C20H20Cl2N4O4. The van der Waals surface area contributed by atoms with E-state index >= 15 is 0 Å². The molecule has 1 unspecified atom stereocenters. The van der Waals surface area contributed by atoms with Crippen molar-refractivity contribution in [3.63, 3.8) is 0 Å². The molecule has 2 fully saturated rings. The van der Waals surface area contributed by atoms with Crippen LogP contribution >= 0.6 is 23.2 Å². The summed E-state index contributed by atoms with van der Waals surface area (Å²) in [6, 6.07) is 7.03. The lowest BCUT2D eigenvalue weighted by molar-refractivity contribution is -0.0755. The number of aromatic nitrogens is 3. The normalized spacial score (nSPS) is 31.9. The SMILES string of the molecule is C[C@@]1(O)[C@@H]([C@@H](c2ccc(Cl)c(Cl)c2)C2CO2)O[C@@H](n2ccc3c(N)ncnc32)[C@@H]1O. The number of benzene rings is 1. The number of anilines is 1. The molecule has 0 amide bonds. The lowest BCUT2D eigenvalue weighted by Gasteiger charge is -2.32. The third-order valence-electron chi connectivity index (χ3n) is 5.96. The van der Waals surface area contributed by atoms with Gasteiger partial charge in [0.2, 0.25) is 0 Å². The van der Waals surface area contributed by atoms with Crippen molar-refractivity contribution in [3.05, 3.63) is 52.4 Å². The Balaban J connectivity index is 1.55. The number of nitrogens with zero attached hydrogens (tertiary/aromatic N) is 3. The molecule has 8 nitrogen and oxygen atoms in total. The molecule has 4 N–H and O–H groups in total. The zero-order valence-corrected chi connectivity index (χ0v) is 17.5. The maximum absolute atomic E-state index is 11.3. The molecule has 1 aromatic carbocycles. The average Bonchev–Trinajstić information content (AvgIpc) is 3.40. The van der Waals surface area contributed by atoms with E-state index in [0.29, 0.717) is 33.5 Å². The molecule has 0 bridgehead atoms. The fourth-order valence-corrected chi connectivity index (χ4v) is 4.55. The largest absolute Gasteiger partial charge is 0.385 e. The summed E-state index contributed by atoms with van der Waals surface area (Å²) in [6.07, 6.45) is 0.0352. The van der Waals surface area contributed by atoms with E-state index in [1.54, 1.807) is 35.9 Å². The quantitative estimate of drug-likeness (QED) is 0.522. The lowest BCUT2D eigenvalue weighted by atomic mass is 9.80. The van der Waals surface area contributed by atoms with Gasteiger partial charge in [-0.1, -0.05) is 29.3 Å². The van der Waals surface area contributed by atoms with E-state index < -0.39 is 24.0 Å². The molecule has 10 heteroatoms. The van der Waals surface area contributed by atoms with E-state index in [-0.39, 0.29) is 12.0 Å². The number of fused-ring (bicyclic) bond motifs is 1. The highest BCUT2D eigenvalue weighted by Crippen LogP contribution is 2.48. The third-order valence-corrected chi connectivity index (χ3v) is 6.70. The molecule has 0 aliphatic carbocycles. The van der Waals surface area contributed by atoms with Crippen LogP contribution in [0.2, 0.25) is 10.0 Å². The predicted octanol–water partition coefficient (Wildman–Crippen LogP) is 2.51. The monoisotopic (exact) mass is 450 g/mol. The minimum absolute atomic E-state index is 0.163. The molecule has 30 heavy (non-hydrogen) atoms. The molecule has 2 saturated heterocycles. The molecule has 3 aromatic rings. The number of nitrogens with two attached hydrogens (primary N) is 1. The highest BCUT2D eigenvalue weighted by Gasteiger charge is 2.58. The molecule has 4 heterocycles. The maximum atomic E-state index is 11.3. The fourth-order valence-electron chi connectivity index (χ4n) is 4.25. The zero-order chi connectivity index (χ0) is 21.2. The summed E-state index contributed by atoms with van der Waals surface area (Å²) >= 11 is 12.3. The first-order valence-electron chi connectivity index (χ1n) is 9.48. The summed E-state index contributed by atoms with van der Waals surface area (Å²) in [7, 11) is 0. The molecule has 2 aliphatic rings. The molecule has 0 spiro atoms. The van der Waals surface area contributed by atoms with Gasteiger partial charge in [-0.3, -0.25) is 0 Å². The van der Waals surface area contributed by atoms with Gasteiger partial charge in [0.1, 0.15) is 35.6 Å². The van der Waals surface area contributed by atoms with Crippen molar-refractivity contribution < 1.29 is 19.7 Å². The number of aliphatic hydroxyl groups is 2. The minimum atomic E-state index is -1.57. The van der Waals surface area contributed by atoms with Crippen LogP contribution in [0.3, 0.4) is 0 Å². The second-order valence-electron chi connectivity index (χ2n) is 7.91. The highest BCUT2D eigenvalue weighted by atomic mass is 35.5. The van der Waals surface area contributed by atoms with Crippen molar-refractivity contribution in [2.24, 2.45) is 0 Å². The Morgan fingerprint density at radius 3 is 2.73 bits per heavy atom. The summed E-state index contributed by atoms with van der Waals surface area (Å²) in [6.45, 7) is 2.09. The van der Waals surface area contributed by atoms with E-state index in [9.17, 15) is 10.2 Å². The van der Waals surface area contributed by atoms with Crippen molar-refractivity contribution >= 4 is 40.1 Å². The Morgan fingerprint density at radius 2 is 2.03 bits per heavy atom. The van der Waals surface area contributed by atoms with Crippen molar-refractivity contribution in [3.8, 4) is 0 Å². The van der Waals surface area contributed by atoms with Crippen LogP contribution in [0.5, 0.6) is 0 Å². The van der Waals surface area contributed by atoms with E-state index in [1.165, 1.54) is 6.33 Å². The molecule has 0 saturated carbocycles. The number of hydrogen-bond acceptors (Lipinski definition) is 7. The standard InChI is InChI=1S/C20H20Cl2N4O4/c1-20(28)15(27)19(26-5-4-10-17(23)24-8-25-18(10)26)30-16(20)14(13-7-29-13)9-2-3-11(21)12(22)6-9/h2-6,8,13-16,19,27-28H,7H2,1H3,(H2,23,24,25)/t13?,14-,15-,16+,19+,20-/m0/s1. The molecule has 2 aliphatic heterocycles. The van der Waals surface area contributed by atoms with Gasteiger partial charge in [0.25, 0.3) is 0 Å². The first-order valence-corrected chi connectivity index (χ1v) is 10.2. The Kier molecular flexibility index (Phi) is 4.70. The Labute approximate surface area is 182 Å². The number of halogens is 2. The summed E-state index contributed by atoms with van der Waals surface area (Å²) in [5.41, 5.74) is 5.68. The van der Waals surface area contributed by atoms with Gasteiger partial charge in [-0.25, -0.2) is 9.97 Å². The first kappa shape index (κ1) is 20.0. The van der Waals surface area contributed by atoms with Crippen molar-refractivity contribution in [2.75, 3.05) is 12.3 Å². The molecule has 6 atom stereocenters. The van der Waals surface area contributed by atoms with E-state index in [1.807, 2.05) is 6.07 Å². The van der Waals surface area contributed by atoms with Gasteiger partial charge in [0.05, 0.1) is 28.1 Å². The van der Waals surface area contributed by atoms with E-state index in [4.69, 9.17) is 38.4 Å². The van der Waals surface area contributed by atoms with Gasteiger partial charge in [-0.05, 0) is 30.7 Å². The van der Waals surface area contributed by atoms with Gasteiger partial charge < -0.3 is 30.0 Å². The summed E-state index contributed by atoms with van der Waals surface area (Å²) in [5.74, 6) is -0.0226. The van der Waals surface area contributed by atoms with Crippen LogP contribution in [-0.4, -0.2) is 55.3 Å². The van der Waals surface area contributed by atoms with Crippen LogP contribution in [-0.2, 0) is 9.47 Å². The van der Waals surface area contributed by atoms with E-state index in [0.717, 1.165) is 5.56 Å². The molecule has 5 rings (SSSR count). The van der Waals surface area contributed by atoms with Crippen molar-refractivity contribution in [2.45, 2.75) is 43.0 Å². The Morgan fingerprint density at radius 1 is 1.27 bits per heavy atom.